The summed E-state index contributed by atoms with van der Waals surface area (Å²) in [5.74, 6) is -0.777. The maximum absolute atomic E-state index is 13.7. The van der Waals surface area contributed by atoms with E-state index in [2.05, 4.69) is 30.6 Å². The Morgan fingerprint density at radius 1 is 0.898 bits per heavy atom. The van der Waals surface area contributed by atoms with Gasteiger partial charge in [-0.1, -0.05) is 30.3 Å². The molecule has 0 aliphatic heterocycles. The van der Waals surface area contributed by atoms with Crippen LogP contribution < -0.4 is 26.4 Å². The molecule has 14 heteroatoms. The monoisotopic (exact) mass is 688 g/mol. The Kier molecular flexibility index (Phi) is 9.88. The molecular formula is C35H40N6O7S. The maximum atomic E-state index is 13.7. The molecule has 258 valence electrons. The van der Waals surface area contributed by atoms with Crippen LogP contribution in [0, 0.1) is 18.8 Å². The van der Waals surface area contributed by atoms with Crippen molar-refractivity contribution in [3.05, 3.63) is 82.3 Å². The zero-order valence-electron chi connectivity index (χ0n) is 27.0. The van der Waals surface area contributed by atoms with Crippen molar-refractivity contribution in [1.82, 2.24) is 25.3 Å². The number of hydrogen-bond donors (Lipinski definition) is 7. The molecule has 1 heterocycles. The van der Waals surface area contributed by atoms with Gasteiger partial charge in [0.2, 0.25) is 21.8 Å². The van der Waals surface area contributed by atoms with Crippen LogP contribution >= 0.6 is 0 Å². The van der Waals surface area contributed by atoms with Crippen molar-refractivity contribution < 1.29 is 27.9 Å². The van der Waals surface area contributed by atoms with Gasteiger partial charge in [0.15, 0.2) is 0 Å². The molecular weight excluding hydrogens is 648 g/mol. The van der Waals surface area contributed by atoms with Crippen molar-refractivity contribution in [1.29, 1.82) is 0 Å². The van der Waals surface area contributed by atoms with Gasteiger partial charge in [-0.15, -0.1) is 0 Å². The number of aromatic nitrogens is 2. The van der Waals surface area contributed by atoms with Gasteiger partial charge < -0.3 is 31.0 Å². The lowest BCUT2D eigenvalue weighted by atomic mass is 9.81. The molecule has 7 N–H and O–H groups in total. The molecule has 0 spiro atoms. The second-order valence-corrected chi connectivity index (χ2v) is 14.8. The van der Waals surface area contributed by atoms with Crippen LogP contribution in [0.3, 0.4) is 0 Å². The van der Waals surface area contributed by atoms with Crippen molar-refractivity contribution in [2.24, 2.45) is 11.8 Å². The molecule has 3 amide bonds. The first-order valence-electron chi connectivity index (χ1n) is 16.5. The third-order valence-electron chi connectivity index (χ3n) is 9.29. The van der Waals surface area contributed by atoms with Crippen LogP contribution in [-0.2, 0) is 26.0 Å². The molecule has 2 aliphatic carbocycles. The minimum absolute atomic E-state index is 0.0182. The fourth-order valence-corrected chi connectivity index (χ4v) is 7.76. The van der Waals surface area contributed by atoms with E-state index in [4.69, 9.17) is 5.11 Å². The molecule has 13 nitrogen and oxygen atoms in total. The summed E-state index contributed by atoms with van der Waals surface area (Å²) < 4.78 is 28.1. The number of H-pyrrole nitrogens is 2. The Labute approximate surface area is 283 Å². The normalized spacial score (nSPS) is 18.5. The lowest BCUT2D eigenvalue weighted by molar-refractivity contribution is -0.130. The predicted molar refractivity (Wildman–Crippen MR) is 185 cm³/mol. The number of benzene rings is 3. The van der Waals surface area contributed by atoms with E-state index in [0.717, 1.165) is 35.1 Å². The number of amides is 3. The first kappa shape index (κ1) is 33.9. The number of imidazole rings is 1. The summed E-state index contributed by atoms with van der Waals surface area (Å²) in [7, 11) is -3.57. The number of aryl methyl sites for hydroxylation is 1. The van der Waals surface area contributed by atoms with Crippen LogP contribution in [-0.4, -0.2) is 60.0 Å². The van der Waals surface area contributed by atoms with Gasteiger partial charge in [0.1, 0.15) is 6.04 Å². The van der Waals surface area contributed by atoms with E-state index in [-0.39, 0.29) is 40.8 Å². The highest BCUT2D eigenvalue weighted by molar-refractivity contribution is 7.89. The topological polar surface area (TPSA) is 202 Å². The minimum Gasteiger partial charge on any atom is -0.465 e. The van der Waals surface area contributed by atoms with Gasteiger partial charge in [-0.3, -0.25) is 9.59 Å². The van der Waals surface area contributed by atoms with Crippen LogP contribution in [0.1, 0.15) is 49.7 Å². The van der Waals surface area contributed by atoms with Crippen molar-refractivity contribution in [2.45, 2.75) is 68.8 Å². The Bertz CT molecular complexity index is 2030. The van der Waals surface area contributed by atoms with Crippen molar-refractivity contribution >= 4 is 44.7 Å². The highest BCUT2D eigenvalue weighted by atomic mass is 32.2. The summed E-state index contributed by atoms with van der Waals surface area (Å²) >= 11 is 0. The average Bonchev–Trinajstić information content (AvgIpc) is 3.80. The first-order valence-corrected chi connectivity index (χ1v) is 17.9. The quantitative estimate of drug-likeness (QED) is 0.116. The zero-order chi connectivity index (χ0) is 34.7. The molecule has 0 unspecified atom stereocenters. The molecule has 0 bridgehead atoms. The Balaban J connectivity index is 1.16. The van der Waals surface area contributed by atoms with E-state index in [1.54, 1.807) is 36.4 Å². The highest BCUT2D eigenvalue weighted by Gasteiger charge is 2.31. The predicted octanol–water partition coefficient (Wildman–Crippen LogP) is 4.01. The molecule has 3 aromatic carbocycles. The Hall–Kier alpha value is -4.95. The standard InChI is InChI=1S/C35H40N6O7S/c1-20-16-27(49(47,48)41-25-10-11-25)13-14-28(20)23-6-2-21(3-7-23)17-31(33(43)37-26-12-15-29-30(18-26)40-34(44)39-29)38-32(42)24-8-4-22(5-9-24)19-36-35(45)46/h2-3,6-7,12-16,18,22,24-25,31,36,41H,4-5,8-11,17,19H2,1H3,(H,37,43)(H,38,42)(H,45,46)(H2,39,40,44)/t22-,24-,31-/m0/s1. The number of carboxylic acid groups (broad SMARTS) is 1. The van der Waals surface area contributed by atoms with Gasteiger partial charge in [0.05, 0.1) is 15.9 Å². The van der Waals surface area contributed by atoms with Crippen LogP contribution in [0.2, 0.25) is 0 Å². The number of fused-ring (bicyclic) bond motifs is 1. The van der Waals surface area contributed by atoms with Gasteiger partial charge in [0, 0.05) is 30.6 Å². The molecule has 2 saturated carbocycles. The van der Waals surface area contributed by atoms with Crippen LogP contribution in [0.25, 0.3) is 22.2 Å². The summed E-state index contributed by atoms with van der Waals surface area (Å²) in [6.07, 6.45) is 3.45. The van der Waals surface area contributed by atoms with Crippen molar-refractivity contribution in [2.75, 3.05) is 11.9 Å². The van der Waals surface area contributed by atoms with Crippen molar-refractivity contribution in [3.8, 4) is 11.1 Å². The van der Waals surface area contributed by atoms with Crippen LogP contribution in [0.4, 0.5) is 10.5 Å². The number of anilines is 1. The number of sulfonamides is 1. The third-order valence-corrected chi connectivity index (χ3v) is 10.8. The number of hydrogen-bond acceptors (Lipinski definition) is 6. The second kappa shape index (κ2) is 14.3. The second-order valence-electron chi connectivity index (χ2n) is 13.1. The summed E-state index contributed by atoms with van der Waals surface area (Å²) in [5.41, 5.74) is 4.62. The Morgan fingerprint density at radius 2 is 1.61 bits per heavy atom. The number of aromatic amines is 2. The fraction of sp³-hybridized carbons (Fsp3) is 0.371. The zero-order valence-corrected chi connectivity index (χ0v) is 27.9. The maximum Gasteiger partial charge on any atom is 0.404 e. The van der Waals surface area contributed by atoms with Gasteiger partial charge in [-0.05, 0) is 104 Å². The summed E-state index contributed by atoms with van der Waals surface area (Å²) in [5, 5.41) is 17.2. The van der Waals surface area contributed by atoms with E-state index in [1.165, 1.54) is 0 Å². The van der Waals surface area contributed by atoms with E-state index >= 15 is 0 Å². The lowest BCUT2D eigenvalue weighted by Gasteiger charge is -2.29. The summed E-state index contributed by atoms with van der Waals surface area (Å²) in [6, 6.07) is 16.8. The Morgan fingerprint density at radius 3 is 2.29 bits per heavy atom. The van der Waals surface area contributed by atoms with Crippen molar-refractivity contribution in [3.63, 3.8) is 0 Å². The molecule has 49 heavy (non-hydrogen) atoms. The molecule has 6 rings (SSSR count). The lowest BCUT2D eigenvalue weighted by Crippen LogP contribution is -2.48. The summed E-state index contributed by atoms with van der Waals surface area (Å²) in [4.78, 5) is 55.3. The molecule has 1 atom stereocenters. The molecule has 4 aromatic rings. The van der Waals surface area contributed by atoms with Crippen LogP contribution in [0.5, 0.6) is 0 Å². The third kappa shape index (κ3) is 8.56. The first-order chi connectivity index (χ1) is 23.4. The molecule has 2 aliphatic rings. The van der Waals surface area contributed by atoms with E-state index in [0.29, 0.717) is 48.9 Å². The molecule has 1 aromatic heterocycles. The smallest absolute Gasteiger partial charge is 0.404 e. The minimum atomic E-state index is -3.57. The molecule has 0 radical (unpaired) electrons. The number of carbonyl (C=O) groups excluding carboxylic acids is 2. The van der Waals surface area contributed by atoms with E-state index in [1.807, 2.05) is 31.2 Å². The number of rotatable bonds is 12. The van der Waals surface area contributed by atoms with Gasteiger partial charge in [-0.2, -0.15) is 0 Å². The van der Waals surface area contributed by atoms with E-state index < -0.39 is 28.1 Å². The van der Waals surface area contributed by atoms with Gasteiger partial charge >= 0.3 is 11.8 Å². The number of nitrogens with one attached hydrogen (secondary N) is 6. The highest BCUT2D eigenvalue weighted by Crippen LogP contribution is 2.30. The summed E-state index contributed by atoms with van der Waals surface area (Å²) in [6.45, 7) is 2.22. The van der Waals surface area contributed by atoms with E-state index in [9.17, 15) is 27.6 Å². The fourth-order valence-electron chi connectivity index (χ4n) is 6.37. The molecule has 2 fully saturated rings. The van der Waals surface area contributed by atoms with Crippen LogP contribution in [0.15, 0.2) is 70.4 Å². The molecule has 0 saturated heterocycles. The number of carbonyl (C=O) groups is 3. The largest absolute Gasteiger partial charge is 0.465 e. The average molecular weight is 689 g/mol. The van der Waals surface area contributed by atoms with Gasteiger partial charge in [-0.25, -0.2) is 22.7 Å². The SMILES string of the molecule is Cc1cc(S(=O)(=O)NC2CC2)ccc1-c1ccc(C[C@H](NC(=O)[C@H]2CC[C@H](CNC(=O)O)CC2)C(=O)Nc2ccc3[nH]c(=O)[nH]c3c2)cc1. The van der Waals surface area contributed by atoms with Gasteiger partial charge in [0.25, 0.3) is 0 Å².